The molecular formula is C20H32N4O10S. The molecule has 0 saturated heterocycles. The Labute approximate surface area is 206 Å². The van der Waals surface area contributed by atoms with Crippen LogP contribution in [0.4, 0.5) is 0 Å². The topological polar surface area (TPSA) is 216 Å². The van der Waals surface area contributed by atoms with Gasteiger partial charge >= 0.3 is 17.9 Å². The molecule has 0 aliphatic carbocycles. The van der Waals surface area contributed by atoms with Crippen LogP contribution in [-0.2, 0) is 26.7 Å². The standard InChI is InChI=1S/C14H24N4O3S.C6H8O7/c1-11-7-12(21-13(11)8-17(3)4)10-22-6-5-16-14(15-2)9-18(19)20;7-3(8)1-6(13,5(11)12)2-4(9)10/h7,9,15-16H,5-6,8,10H2,1-4H3;13H,1-2H2,(H,7,8)(H,9,10)(H,11,12). The van der Waals surface area contributed by atoms with Crippen molar-refractivity contribution in [3.05, 3.63) is 45.3 Å². The molecule has 1 rings (SSSR count). The third-order valence-electron chi connectivity index (χ3n) is 4.13. The molecule has 0 aromatic carbocycles. The third kappa shape index (κ3) is 13.9. The van der Waals surface area contributed by atoms with Crippen LogP contribution >= 0.6 is 11.8 Å². The van der Waals surface area contributed by atoms with Gasteiger partial charge in [0, 0.05) is 19.3 Å². The second kappa shape index (κ2) is 15.6. The fourth-order valence-corrected chi connectivity index (χ4v) is 3.29. The minimum absolute atomic E-state index is 0.410. The summed E-state index contributed by atoms with van der Waals surface area (Å²) in [4.78, 5) is 42.5. The van der Waals surface area contributed by atoms with E-state index in [0.717, 1.165) is 35.8 Å². The maximum Gasteiger partial charge on any atom is 0.336 e. The van der Waals surface area contributed by atoms with Crippen molar-refractivity contribution < 1.29 is 44.2 Å². The Hall–Kier alpha value is -3.30. The number of furan rings is 1. The van der Waals surface area contributed by atoms with Crippen LogP contribution in [0.2, 0.25) is 0 Å². The van der Waals surface area contributed by atoms with Gasteiger partial charge in [-0.15, -0.1) is 0 Å². The number of carboxylic acids is 3. The number of aliphatic hydroxyl groups is 1. The Kier molecular flexibility index (Phi) is 14.1. The molecule has 14 nitrogen and oxygen atoms in total. The van der Waals surface area contributed by atoms with Crippen molar-refractivity contribution in [2.45, 2.75) is 37.7 Å². The van der Waals surface area contributed by atoms with E-state index in [2.05, 4.69) is 28.5 Å². The van der Waals surface area contributed by atoms with Crippen LogP contribution in [0.1, 0.15) is 29.9 Å². The van der Waals surface area contributed by atoms with Crippen LogP contribution in [-0.4, -0.2) is 87.2 Å². The number of nitro groups is 1. The predicted octanol–water partition coefficient (Wildman–Crippen LogP) is 0.519. The van der Waals surface area contributed by atoms with Gasteiger partial charge < -0.3 is 40.4 Å². The maximum absolute atomic E-state index is 10.4. The minimum Gasteiger partial charge on any atom is -0.481 e. The van der Waals surface area contributed by atoms with Gasteiger partial charge in [0.05, 0.1) is 30.1 Å². The van der Waals surface area contributed by atoms with Crippen LogP contribution in [0.5, 0.6) is 0 Å². The van der Waals surface area contributed by atoms with Crippen molar-refractivity contribution in [1.29, 1.82) is 0 Å². The monoisotopic (exact) mass is 520 g/mol. The number of hydrogen-bond donors (Lipinski definition) is 6. The Bertz CT molecular complexity index is 884. The maximum atomic E-state index is 10.4. The molecule has 0 radical (unpaired) electrons. The summed E-state index contributed by atoms with van der Waals surface area (Å²) in [5, 5.41) is 49.9. The zero-order valence-electron chi connectivity index (χ0n) is 19.9. The highest BCUT2D eigenvalue weighted by Crippen LogP contribution is 2.20. The molecule has 0 atom stereocenters. The van der Waals surface area contributed by atoms with Crippen LogP contribution in [0.3, 0.4) is 0 Å². The van der Waals surface area contributed by atoms with Gasteiger partial charge in [-0.05, 0) is 32.6 Å². The van der Waals surface area contributed by atoms with Gasteiger partial charge in [0.2, 0.25) is 0 Å². The number of carboxylic acid groups (broad SMARTS) is 3. The highest BCUT2D eigenvalue weighted by atomic mass is 32.2. The van der Waals surface area contributed by atoms with Crippen molar-refractivity contribution in [2.75, 3.05) is 33.4 Å². The molecule has 0 amide bonds. The molecular weight excluding hydrogens is 488 g/mol. The van der Waals surface area contributed by atoms with Crippen molar-refractivity contribution in [3.63, 3.8) is 0 Å². The van der Waals surface area contributed by atoms with E-state index in [-0.39, 0.29) is 0 Å². The summed E-state index contributed by atoms with van der Waals surface area (Å²) in [5.74, 6) is -1.01. The van der Waals surface area contributed by atoms with Crippen molar-refractivity contribution in [2.24, 2.45) is 0 Å². The molecule has 198 valence electrons. The number of nitrogens with one attached hydrogen (secondary N) is 2. The third-order valence-corrected chi connectivity index (χ3v) is 5.11. The highest BCUT2D eigenvalue weighted by molar-refractivity contribution is 7.98. The molecule has 6 N–H and O–H groups in total. The van der Waals surface area contributed by atoms with E-state index in [1.807, 2.05) is 14.1 Å². The lowest BCUT2D eigenvalue weighted by molar-refractivity contribution is -0.404. The Morgan fingerprint density at radius 2 is 1.80 bits per heavy atom. The fraction of sp³-hybridized carbons (Fsp3) is 0.550. The summed E-state index contributed by atoms with van der Waals surface area (Å²) in [6.07, 6.45) is -1.36. The number of rotatable bonds is 15. The van der Waals surface area contributed by atoms with E-state index in [0.29, 0.717) is 12.4 Å². The first-order valence-electron chi connectivity index (χ1n) is 10.2. The van der Waals surface area contributed by atoms with Crippen molar-refractivity contribution >= 4 is 29.7 Å². The summed E-state index contributed by atoms with van der Waals surface area (Å²) in [6, 6.07) is 2.07. The summed E-state index contributed by atoms with van der Waals surface area (Å²) in [5.41, 5.74) is -1.56. The first kappa shape index (κ1) is 31.7. The first-order valence-corrected chi connectivity index (χ1v) is 11.3. The molecule has 1 aromatic heterocycles. The molecule has 0 aliphatic heterocycles. The van der Waals surface area contributed by atoms with E-state index in [4.69, 9.17) is 24.8 Å². The lowest BCUT2D eigenvalue weighted by Gasteiger charge is -2.18. The second-order valence-corrected chi connectivity index (χ2v) is 8.70. The summed E-state index contributed by atoms with van der Waals surface area (Å²) >= 11 is 1.72. The number of aryl methyl sites for hydroxylation is 1. The van der Waals surface area contributed by atoms with Crippen LogP contribution < -0.4 is 10.6 Å². The smallest absolute Gasteiger partial charge is 0.336 e. The Morgan fingerprint density at radius 1 is 1.23 bits per heavy atom. The molecule has 1 aromatic rings. The Morgan fingerprint density at radius 3 is 2.23 bits per heavy atom. The molecule has 15 heteroatoms. The zero-order valence-corrected chi connectivity index (χ0v) is 20.8. The summed E-state index contributed by atoms with van der Waals surface area (Å²) in [7, 11) is 5.67. The predicted molar refractivity (Wildman–Crippen MR) is 126 cm³/mol. The molecule has 35 heavy (non-hydrogen) atoms. The van der Waals surface area contributed by atoms with E-state index < -0.39 is 41.3 Å². The van der Waals surface area contributed by atoms with Crippen LogP contribution in [0, 0.1) is 17.0 Å². The van der Waals surface area contributed by atoms with Gasteiger partial charge in [-0.3, -0.25) is 19.7 Å². The number of thioether (sulfide) groups is 1. The summed E-state index contributed by atoms with van der Waals surface area (Å²) < 4.78 is 5.83. The van der Waals surface area contributed by atoms with E-state index >= 15 is 0 Å². The van der Waals surface area contributed by atoms with Gasteiger partial charge in [-0.2, -0.15) is 11.8 Å². The molecule has 0 aliphatic rings. The normalized spacial score (nSPS) is 11.4. The molecule has 0 fully saturated rings. The fourth-order valence-electron chi connectivity index (χ4n) is 2.55. The largest absolute Gasteiger partial charge is 0.481 e. The number of carbonyl (C=O) groups is 3. The van der Waals surface area contributed by atoms with Gasteiger partial charge in [-0.25, -0.2) is 4.79 Å². The van der Waals surface area contributed by atoms with Crippen LogP contribution in [0.15, 0.2) is 22.5 Å². The molecule has 0 saturated carbocycles. The van der Waals surface area contributed by atoms with Gasteiger partial charge in [-0.1, -0.05) is 0 Å². The highest BCUT2D eigenvalue weighted by Gasteiger charge is 2.40. The van der Waals surface area contributed by atoms with Gasteiger partial charge in [0.25, 0.3) is 6.20 Å². The van der Waals surface area contributed by atoms with Crippen LogP contribution in [0.25, 0.3) is 0 Å². The van der Waals surface area contributed by atoms with Gasteiger partial charge in [0.15, 0.2) is 11.4 Å². The lowest BCUT2D eigenvalue weighted by atomic mass is 9.96. The molecule has 0 unspecified atom stereocenters. The first-order chi connectivity index (χ1) is 16.2. The average Bonchev–Trinajstić information content (AvgIpc) is 3.04. The number of aliphatic carboxylic acids is 3. The van der Waals surface area contributed by atoms with Gasteiger partial charge in [0.1, 0.15) is 11.5 Å². The van der Waals surface area contributed by atoms with E-state index in [1.165, 1.54) is 5.56 Å². The average molecular weight is 521 g/mol. The lowest BCUT2D eigenvalue weighted by Crippen LogP contribution is -2.42. The van der Waals surface area contributed by atoms with E-state index in [1.54, 1.807) is 18.8 Å². The van der Waals surface area contributed by atoms with E-state index in [9.17, 15) is 24.5 Å². The quantitative estimate of drug-likeness (QED) is 0.106. The number of hydrogen-bond acceptors (Lipinski definition) is 11. The van der Waals surface area contributed by atoms with Crippen molar-refractivity contribution in [3.8, 4) is 0 Å². The molecule has 0 bridgehead atoms. The van der Waals surface area contributed by atoms with Crippen molar-refractivity contribution in [1.82, 2.24) is 15.5 Å². The summed E-state index contributed by atoms with van der Waals surface area (Å²) in [6.45, 7) is 3.50. The SMILES string of the molecule is CNC(=C[N+](=O)[O-])NCCSCc1cc(C)c(CN(C)C)o1.O=C(O)CC(O)(CC(=O)O)C(=O)O. The molecule has 0 spiro atoms. The second-order valence-electron chi connectivity index (χ2n) is 7.59. The minimum atomic E-state index is -2.74. The molecule has 1 heterocycles. The zero-order chi connectivity index (χ0) is 27.2. The Balaban J connectivity index is 0.000000761. The number of nitrogens with zero attached hydrogens (tertiary/aromatic N) is 2.